The van der Waals surface area contributed by atoms with Gasteiger partial charge in [-0.1, -0.05) is 0 Å². The van der Waals surface area contributed by atoms with Crippen LogP contribution in [-0.4, -0.2) is 40.2 Å². The van der Waals surface area contributed by atoms with Gasteiger partial charge in [-0.25, -0.2) is 8.78 Å². The first-order chi connectivity index (χ1) is 11.2. The number of benzene rings is 1. The average molecular weight is 359 g/mol. The van der Waals surface area contributed by atoms with Gasteiger partial charge in [0, 0.05) is 35.2 Å². The minimum absolute atomic E-state index is 0.0134. The first-order valence-corrected chi connectivity index (χ1v) is 8.48. The number of ether oxygens (including phenoxy) is 1. The Kier molecular flexibility index (Phi) is 5.34. The summed E-state index contributed by atoms with van der Waals surface area (Å²) in [5, 5.41) is 2.40. The molecule has 0 bridgehead atoms. The van der Waals surface area contributed by atoms with E-state index in [1.807, 2.05) is 0 Å². The summed E-state index contributed by atoms with van der Waals surface area (Å²) in [5.74, 6) is -2.61. The molecule has 1 aliphatic rings. The number of rotatable bonds is 4. The van der Waals surface area contributed by atoms with E-state index in [9.17, 15) is 17.8 Å². The lowest BCUT2D eigenvalue weighted by Crippen LogP contribution is -2.47. The third-order valence-corrected chi connectivity index (χ3v) is 5.73. The molecule has 6 nitrogen and oxygen atoms in total. The highest BCUT2D eigenvalue weighted by atomic mass is 32.2. The number of amides is 1. The molecular weight excluding hydrogens is 340 g/mol. The van der Waals surface area contributed by atoms with Gasteiger partial charge in [-0.15, -0.1) is 0 Å². The Morgan fingerprint density at radius 3 is 2.75 bits per heavy atom. The molecule has 0 aliphatic carbocycles. The predicted octanol–water partition coefficient (Wildman–Crippen LogP) is 1.49. The zero-order valence-corrected chi connectivity index (χ0v) is 14.4. The van der Waals surface area contributed by atoms with E-state index in [1.165, 1.54) is 13.2 Å². The summed E-state index contributed by atoms with van der Waals surface area (Å²) >= 11 is 0. The quantitative estimate of drug-likeness (QED) is 0.852. The van der Waals surface area contributed by atoms with Gasteiger partial charge in [0.15, 0.2) is 11.6 Å². The maximum absolute atomic E-state index is 14.2. The number of aliphatic imine (C=N–C) groups is 1. The van der Waals surface area contributed by atoms with E-state index < -0.39 is 39.1 Å². The summed E-state index contributed by atoms with van der Waals surface area (Å²) in [7, 11) is -0.0586. The standard InChI is InChI=1S/C15H19F2N3O3S/c1-15(2)14(18)20-11(7-24(15)22)9-4-8(5-10(16)13(9)17)19-12(21)6-23-3/h4-5,11H,6-7H2,1-3H3,(H2,18,20)(H,19,21). The fourth-order valence-electron chi connectivity index (χ4n) is 2.24. The molecule has 1 aromatic carbocycles. The molecule has 1 heterocycles. The number of methoxy groups -OCH3 is 1. The van der Waals surface area contributed by atoms with Crippen LogP contribution in [0.15, 0.2) is 17.1 Å². The van der Waals surface area contributed by atoms with E-state index >= 15 is 0 Å². The van der Waals surface area contributed by atoms with Gasteiger partial charge in [0.05, 0.1) is 16.5 Å². The highest BCUT2D eigenvalue weighted by Gasteiger charge is 2.38. The molecule has 2 unspecified atom stereocenters. The van der Waals surface area contributed by atoms with Crippen molar-refractivity contribution < 1.29 is 22.5 Å². The van der Waals surface area contributed by atoms with Crippen LogP contribution in [0.2, 0.25) is 0 Å². The minimum Gasteiger partial charge on any atom is -0.386 e. The fraction of sp³-hybridized carbons (Fsp3) is 0.467. The van der Waals surface area contributed by atoms with E-state index in [-0.39, 0.29) is 29.4 Å². The fourth-order valence-corrected chi connectivity index (χ4v) is 3.48. The number of carbonyl (C=O) groups is 1. The van der Waals surface area contributed by atoms with E-state index in [0.717, 1.165) is 6.07 Å². The molecular formula is C15H19F2N3O3S. The lowest BCUT2D eigenvalue weighted by atomic mass is 10.1. The number of amidine groups is 1. The molecule has 9 heteroatoms. The second-order valence-electron chi connectivity index (χ2n) is 5.90. The van der Waals surface area contributed by atoms with Crippen molar-refractivity contribution in [2.24, 2.45) is 10.7 Å². The van der Waals surface area contributed by atoms with Gasteiger partial charge in [0.25, 0.3) is 0 Å². The average Bonchev–Trinajstić information content (AvgIpc) is 2.48. The van der Waals surface area contributed by atoms with Gasteiger partial charge >= 0.3 is 0 Å². The van der Waals surface area contributed by atoms with Crippen LogP contribution in [-0.2, 0) is 20.3 Å². The lowest BCUT2D eigenvalue weighted by molar-refractivity contribution is -0.119. The van der Waals surface area contributed by atoms with Crippen LogP contribution in [0.1, 0.15) is 25.5 Å². The van der Waals surface area contributed by atoms with Crippen LogP contribution in [0, 0.1) is 11.6 Å². The molecule has 132 valence electrons. The highest BCUT2D eigenvalue weighted by Crippen LogP contribution is 2.33. The highest BCUT2D eigenvalue weighted by molar-refractivity contribution is 7.87. The SMILES string of the molecule is COCC(=O)Nc1cc(F)c(F)c(C2CS(=O)C(C)(C)C(N)=N2)c1. The molecule has 1 aromatic rings. The molecule has 0 fully saturated rings. The van der Waals surface area contributed by atoms with Gasteiger partial charge in [-0.3, -0.25) is 14.0 Å². The minimum atomic E-state index is -1.40. The lowest BCUT2D eigenvalue weighted by Gasteiger charge is -2.31. The van der Waals surface area contributed by atoms with E-state index in [2.05, 4.69) is 15.0 Å². The number of nitrogens with one attached hydrogen (secondary N) is 1. The van der Waals surface area contributed by atoms with Gasteiger partial charge in [-0.05, 0) is 19.9 Å². The maximum atomic E-state index is 14.2. The molecule has 1 amide bonds. The van der Waals surface area contributed by atoms with Crippen LogP contribution in [0.4, 0.5) is 14.5 Å². The zero-order valence-electron chi connectivity index (χ0n) is 13.6. The van der Waals surface area contributed by atoms with Crippen LogP contribution in [0.3, 0.4) is 0 Å². The first kappa shape index (κ1) is 18.5. The third kappa shape index (κ3) is 3.62. The normalized spacial score (nSPS) is 22.8. The van der Waals surface area contributed by atoms with Crippen molar-refractivity contribution in [2.75, 3.05) is 24.8 Å². The molecule has 2 atom stereocenters. The Bertz CT molecular complexity index is 722. The number of halogens is 2. The number of hydrogen-bond acceptors (Lipinski definition) is 5. The molecule has 3 N–H and O–H groups in total. The van der Waals surface area contributed by atoms with Crippen molar-refractivity contribution in [2.45, 2.75) is 24.6 Å². The van der Waals surface area contributed by atoms with Crippen molar-refractivity contribution in [3.63, 3.8) is 0 Å². The molecule has 0 radical (unpaired) electrons. The Morgan fingerprint density at radius 1 is 1.50 bits per heavy atom. The van der Waals surface area contributed by atoms with Gasteiger partial charge in [0.1, 0.15) is 12.4 Å². The molecule has 0 aromatic heterocycles. The van der Waals surface area contributed by atoms with Crippen LogP contribution < -0.4 is 11.1 Å². The van der Waals surface area contributed by atoms with Crippen molar-refractivity contribution in [3.8, 4) is 0 Å². The first-order valence-electron chi connectivity index (χ1n) is 7.16. The zero-order chi connectivity index (χ0) is 18.1. The maximum Gasteiger partial charge on any atom is 0.250 e. The number of nitrogens with two attached hydrogens (primary N) is 1. The number of carbonyl (C=O) groups excluding carboxylic acids is 1. The molecule has 1 aliphatic heterocycles. The van der Waals surface area contributed by atoms with Crippen molar-refractivity contribution in [3.05, 3.63) is 29.3 Å². The smallest absolute Gasteiger partial charge is 0.250 e. The molecule has 24 heavy (non-hydrogen) atoms. The van der Waals surface area contributed by atoms with Crippen LogP contribution in [0.5, 0.6) is 0 Å². The van der Waals surface area contributed by atoms with Crippen molar-refractivity contribution in [1.29, 1.82) is 0 Å². The molecule has 0 saturated heterocycles. The van der Waals surface area contributed by atoms with Crippen molar-refractivity contribution in [1.82, 2.24) is 0 Å². The topological polar surface area (TPSA) is 93.8 Å². The third-order valence-electron chi connectivity index (χ3n) is 3.76. The van der Waals surface area contributed by atoms with E-state index in [4.69, 9.17) is 5.73 Å². The summed E-state index contributed by atoms with van der Waals surface area (Å²) < 4.78 is 44.2. The Morgan fingerprint density at radius 2 is 2.17 bits per heavy atom. The van der Waals surface area contributed by atoms with Crippen LogP contribution in [0.25, 0.3) is 0 Å². The Hall–Kier alpha value is -1.87. The van der Waals surface area contributed by atoms with Gasteiger partial charge in [-0.2, -0.15) is 0 Å². The van der Waals surface area contributed by atoms with Crippen molar-refractivity contribution >= 4 is 28.2 Å². The summed E-state index contributed by atoms with van der Waals surface area (Å²) in [6.45, 7) is 3.13. The number of anilines is 1. The summed E-state index contributed by atoms with van der Waals surface area (Å²) in [6, 6.07) is 1.25. The summed E-state index contributed by atoms with van der Waals surface area (Å²) in [6.07, 6.45) is 0. The Balaban J connectivity index is 2.40. The predicted molar refractivity (Wildman–Crippen MR) is 88.3 cm³/mol. The molecule has 0 saturated carbocycles. The van der Waals surface area contributed by atoms with Crippen LogP contribution >= 0.6 is 0 Å². The number of nitrogens with zero attached hydrogens (tertiary/aromatic N) is 1. The molecule has 0 spiro atoms. The van der Waals surface area contributed by atoms with Gasteiger partial charge in [0.2, 0.25) is 5.91 Å². The molecule has 2 rings (SSSR count). The van der Waals surface area contributed by atoms with E-state index in [0.29, 0.717) is 0 Å². The number of hydrogen-bond donors (Lipinski definition) is 2. The monoisotopic (exact) mass is 359 g/mol. The van der Waals surface area contributed by atoms with E-state index in [1.54, 1.807) is 13.8 Å². The Labute approximate surface area is 140 Å². The summed E-state index contributed by atoms with van der Waals surface area (Å²) in [4.78, 5) is 15.7. The van der Waals surface area contributed by atoms with Gasteiger partial charge < -0.3 is 15.8 Å². The second-order valence-corrected chi connectivity index (χ2v) is 7.94. The second kappa shape index (κ2) is 6.94. The largest absolute Gasteiger partial charge is 0.386 e. The summed E-state index contributed by atoms with van der Waals surface area (Å²) in [5.41, 5.74) is 5.79.